The number of rotatable bonds is 6. The minimum atomic E-state index is -0.280. The van der Waals surface area contributed by atoms with Gasteiger partial charge in [-0.2, -0.15) is 9.97 Å². The third-order valence-corrected chi connectivity index (χ3v) is 3.19. The van der Waals surface area contributed by atoms with E-state index in [9.17, 15) is 0 Å². The third kappa shape index (κ3) is 3.22. The van der Waals surface area contributed by atoms with Gasteiger partial charge in [-0.3, -0.25) is 0 Å². The molecule has 0 saturated carbocycles. The largest absolute Gasteiger partial charge is 0.481 e. The first kappa shape index (κ1) is 14.5. The number of ether oxygens (including phenoxy) is 2. The molecule has 0 radical (unpaired) electrons. The molecule has 0 bridgehead atoms. The fraction of sp³-hybridized carbons (Fsp3) is 0.667. The monoisotopic (exact) mass is 254 g/mol. The second kappa shape index (κ2) is 5.86. The average Bonchev–Trinajstić information content (AvgIpc) is 2.37. The van der Waals surface area contributed by atoms with Crippen LogP contribution in [0.5, 0.6) is 11.8 Å². The van der Waals surface area contributed by atoms with Crippen molar-refractivity contribution < 1.29 is 9.47 Å². The van der Waals surface area contributed by atoms with Crippen molar-refractivity contribution >= 4 is 5.95 Å². The van der Waals surface area contributed by atoms with E-state index in [0.29, 0.717) is 30.2 Å². The second-order valence-corrected chi connectivity index (χ2v) is 4.68. The number of hydrogen-bond donors (Lipinski definition) is 2. The molecular weight excluding hydrogens is 232 g/mol. The van der Waals surface area contributed by atoms with Gasteiger partial charge in [-0.05, 0) is 12.8 Å². The third-order valence-electron chi connectivity index (χ3n) is 3.19. The van der Waals surface area contributed by atoms with Gasteiger partial charge in [0, 0.05) is 6.54 Å². The molecule has 0 spiro atoms. The number of nitrogens with one attached hydrogen (secondary N) is 1. The van der Waals surface area contributed by atoms with E-state index in [1.807, 2.05) is 6.92 Å². The Hall–Kier alpha value is -1.56. The number of nitrogens with two attached hydrogens (primary N) is 1. The molecule has 1 unspecified atom stereocenters. The summed E-state index contributed by atoms with van der Waals surface area (Å²) in [6, 6.07) is 1.63. The Labute approximate surface area is 108 Å². The lowest BCUT2D eigenvalue weighted by molar-refractivity contribution is 0.362. The molecular formula is C12H22N4O2. The molecule has 0 amide bonds. The van der Waals surface area contributed by atoms with Gasteiger partial charge in [-0.25, -0.2) is 0 Å². The number of aromatic nitrogens is 2. The molecule has 1 aromatic rings. The summed E-state index contributed by atoms with van der Waals surface area (Å²) < 4.78 is 10.2. The normalized spacial score (nSPS) is 14.2. The average molecular weight is 254 g/mol. The highest BCUT2D eigenvalue weighted by atomic mass is 16.5. The number of methoxy groups -OCH3 is 2. The van der Waals surface area contributed by atoms with E-state index in [1.54, 1.807) is 20.3 Å². The van der Waals surface area contributed by atoms with Crippen molar-refractivity contribution in [1.82, 2.24) is 9.97 Å². The highest BCUT2D eigenvalue weighted by Crippen LogP contribution is 2.23. The molecule has 0 fully saturated rings. The summed E-state index contributed by atoms with van der Waals surface area (Å²) in [6.07, 6.45) is 0. The molecule has 3 N–H and O–H groups in total. The highest BCUT2D eigenvalue weighted by molar-refractivity contribution is 5.36. The molecule has 102 valence electrons. The second-order valence-electron chi connectivity index (χ2n) is 4.68. The van der Waals surface area contributed by atoms with E-state index < -0.39 is 0 Å². The van der Waals surface area contributed by atoms with Crippen molar-refractivity contribution in [1.29, 1.82) is 0 Å². The maximum Gasteiger partial charge on any atom is 0.229 e. The van der Waals surface area contributed by atoms with Gasteiger partial charge in [0.05, 0.1) is 25.8 Å². The van der Waals surface area contributed by atoms with Gasteiger partial charge in [-0.1, -0.05) is 13.8 Å². The topological polar surface area (TPSA) is 82.3 Å². The summed E-state index contributed by atoms with van der Waals surface area (Å²) in [5.74, 6) is 1.69. The Morgan fingerprint density at radius 3 is 2.11 bits per heavy atom. The summed E-state index contributed by atoms with van der Waals surface area (Å²) in [7, 11) is 3.10. The van der Waals surface area contributed by atoms with Gasteiger partial charge in [0.15, 0.2) is 0 Å². The van der Waals surface area contributed by atoms with Gasteiger partial charge in [0.2, 0.25) is 17.7 Å². The molecule has 0 aliphatic carbocycles. The van der Waals surface area contributed by atoms with Crippen LogP contribution in [0.25, 0.3) is 0 Å². The first-order chi connectivity index (χ1) is 8.45. The summed E-state index contributed by atoms with van der Waals surface area (Å²) in [5.41, 5.74) is 5.54. The number of hydrogen-bond acceptors (Lipinski definition) is 6. The Balaban J connectivity index is 3.02. The van der Waals surface area contributed by atoms with E-state index in [4.69, 9.17) is 15.2 Å². The predicted molar refractivity (Wildman–Crippen MR) is 71.1 cm³/mol. The molecule has 1 rings (SSSR count). The fourth-order valence-electron chi connectivity index (χ4n) is 1.36. The lowest BCUT2D eigenvalue weighted by Gasteiger charge is -2.33. The van der Waals surface area contributed by atoms with Crippen LogP contribution in [-0.2, 0) is 0 Å². The summed E-state index contributed by atoms with van der Waals surface area (Å²) >= 11 is 0. The lowest BCUT2D eigenvalue weighted by atomic mass is 9.89. The SMILES string of the molecule is COc1cc(OC)nc(NC(C)(CN)C(C)C)n1. The summed E-state index contributed by atoms with van der Waals surface area (Å²) in [4.78, 5) is 8.47. The van der Waals surface area contributed by atoms with E-state index in [-0.39, 0.29) is 5.54 Å². The number of anilines is 1. The molecule has 0 saturated heterocycles. The van der Waals surface area contributed by atoms with Crippen LogP contribution in [0.2, 0.25) is 0 Å². The van der Waals surface area contributed by atoms with Crippen LogP contribution < -0.4 is 20.5 Å². The predicted octanol–water partition coefficient (Wildman–Crippen LogP) is 1.28. The Kier molecular flexibility index (Phi) is 4.72. The van der Waals surface area contributed by atoms with Crippen LogP contribution in [0.4, 0.5) is 5.95 Å². The van der Waals surface area contributed by atoms with E-state index in [2.05, 4.69) is 29.1 Å². The Morgan fingerprint density at radius 2 is 1.78 bits per heavy atom. The van der Waals surface area contributed by atoms with Crippen LogP contribution in [0.3, 0.4) is 0 Å². The number of nitrogens with zero attached hydrogens (tertiary/aromatic N) is 2. The van der Waals surface area contributed by atoms with Crippen LogP contribution in [0.15, 0.2) is 6.07 Å². The van der Waals surface area contributed by atoms with Crippen molar-refractivity contribution in [3.63, 3.8) is 0 Å². The Morgan fingerprint density at radius 1 is 1.28 bits per heavy atom. The van der Waals surface area contributed by atoms with Crippen LogP contribution in [-0.4, -0.2) is 36.3 Å². The van der Waals surface area contributed by atoms with Gasteiger partial charge < -0.3 is 20.5 Å². The van der Waals surface area contributed by atoms with Crippen LogP contribution in [0.1, 0.15) is 20.8 Å². The van der Waals surface area contributed by atoms with Crippen LogP contribution >= 0.6 is 0 Å². The van der Waals surface area contributed by atoms with Crippen molar-refractivity contribution in [2.24, 2.45) is 11.7 Å². The molecule has 0 aliphatic heterocycles. The van der Waals surface area contributed by atoms with E-state index in [1.165, 1.54) is 0 Å². The molecule has 1 aromatic heterocycles. The van der Waals surface area contributed by atoms with Crippen molar-refractivity contribution in [2.45, 2.75) is 26.3 Å². The van der Waals surface area contributed by atoms with E-state index in [0.717, 1.165) is 0 Å². The zero-order valence-electron chi connectivity index (χ0n) is 11.7. The van der Waals surface area contributed by atoms with Gasteiger partial charge >= 0.3 is 0 Å². The van der Waals surface area contributed by atoms with Crippen LogP contribution in [0, 0.1) is 5.92 Å². The molecule has 18 heavy (non-hydrogen) atoms. The molecule has 0 aromatic carbocycles. The van der Waals surface area contributed by atoms with Crippen molar-refractivity contribution in [3.05, 3.63) is 6.07 Å². The Bertz CT molecular complexity index is 375. The summed E-state index contributed by atoms with van der Waals surface area (Å²) in [6.45, 7) is 6.70. The van der Waals surface area contributed by atoms with E-state index >= 15 is 0 Å². The zero-order chi connectivity index (χ0) is 13.8. The lowest BCUT2D eigenvalue weighted by Crippen LogP contribution is -2.47. The zero-order valence-corrected chi connectivity index (χ0v) is 11.7. The molecule has 0 aliphatic rings. The highest BCUT2D eigenvalue weighted by Gasteiger charge is 2.27. The molecule has 1 atom stereocenters. The molecule has 1 heterocycles. The minimum absolute atomic E-state index is 0.280. The van der Waals surface area contributed by atoms with Crippen molar-refractivity contribution in [2.75, 3.05) is 26.1 Å². The first-order valence-electron chi connectivity index (χ1n) is 5.90. The maximum absolute atomic E-state index is 5.82. The molecule has 6 nitrogen and oxygen atoms in total. The van der Waals surface area contributed by atoms with Gasteiger partial charge in [0.1, 0.15) is 0 Å². The van der Waals surface area contributed by atoms with Gasteiger partial charge in [-0.15, -0.1) is 0 Å². The maximum atomic E-state index is 5.82. The molecule has 6 heteroatoms. The standard InChI is InChI=1S/C12H22N4O2/c1-8(2)12(3,7-13)16-11-14-9(17-4)6-10(15-11)18-5/h6,8H,7,13H2,1-5H3,(H,14,15,16). The minimum Gasteiger partial charge on any atom is -0.481 e. The quantitative estimate of drug-likeness (QED) is 0.795. The smallest absolute Gasteiger partial charge is 0.229 e. The summed E-state index contributed by atoms with van der Waals surface area (Å²) in [5, 5.41) is 3.25. The van der Waals surface area contributed by atoms with Crippen molar-refractivity contribution in [3.8, 4) is 11.8 Å². The van der Waals surface area contributed by atoms with Gasteiger partial charge in [0.25, 0.3) is 0 Å². The first-order valence-corrected chi connectivity index (χ1v) is 5.90. The fourth-order valence-corrected chi connectivity index (χ4v) is 1.36.